The lowest BCUT2D eigenvalue weighted by Gasteiger charge is -2.42. The van der Waals surface area contributed by atoms with E-state index in [-0.39, 0.29) is 61.2 Å². The van der Waals surface area contributed by atoms with Crippen molar-refractivity contribution in [3.63, 3.8) is 0 Å². The summed E-state index contributed by atoms with van der Waals surface area (Å²) in [5.41, 5.74) is 0. The number of rotatable bonds is 6. The number of nitrogens with zero attached hydrogens (tertiary/aromatic N) is 2. The molecule has 2 N–H and O–H groups in total. The van der Waals surface area contributed by atoms with Crippen LogP contribution in [-0.2, 0) is 24.3 Å². The van der Waals surface area contributed by atoms with Crippen LogP contribution in [0.2, 0.25) is 5.02 Å². The van der Waals surface area contributed by atoms with E-state index in [1.165, 1.54) is 11.4 Å². The Labute approximate surface area is 234 Å². The third-order valence-electron chi connectivity index (χ3n) is 7.27. The molecule has 1 amide bonds. The number of nitrogens with one attached hydrogen (secondary N) is 2. The molecule has 208 valence electrons. The Balaban J connectivity index is 0.00000400. The minimum Gasteiger partial charge on any atom is -0.469 e. The van der Waals surface area contributed by atoms with E-state index in [4.69, 9.17) is 21.7 Å². The molecule has 1 saturated heterocycles. The van der Waals surface area contributed by atoms with Gasteiger partial charge in [0.1, 0.15) is 0 Å². The molecule has 1 heterocycles. The van der Waals surface area contributed by atoms with Crippen LogP contribution < -0.4 is 5.32 Å². The Morgan fingerprint density at radius 3 is 2.39 bits per heavy atom. The van der Waals surface area contributed by atoms with Gasteiger partial charge in [0.15, 0.2) is 0 Å². The van der Waals surface area contributed by atoms with Crippen molar-refractivity contribution in [3.05, 3.63) is 41.4 Å². The second-order valence-corrected chi connectivity index (χ2v) is 12.2. The summed E-state index contributed by atoms with van der Waals surface area (Å²) in [5, 5.41) is 12.9. The molecule has 0 bridgehead atoms. The highest BCUT2D eigenvalue weighted by Gasteiger charge is 2.40. The van der Waals surface area contributed by atoms with E-state index in [1.807, 2.05) is 0 Å². The summed E-state index contributed by atoms with van der Waals surface area (Å²) in [5.74, 6) is -0.294. The minimum absolute atomic E-state index is 0. The van der Waals surface area contributed by atoms with E-state index in [1.54, 1.807) is 48.2 Å². The molecule has 1 atom stereocenters. The van der Waals surface area contributed by atoms with Gasteiger partial charge in [0.2, 0.25) is 15.9 Å². The molecule has 9 nitrogen and oxygen atoms in total. The van der Waals surface area contributed by atoms with Gasteiger partial charge in [-0.05, 0) is 67.6 Å². The lowest BCUT2D eigenvalue weighted by atomic mass is 9.84. The fraction of sp³-hybridized carbons (Fsp3) is 0.500. The molecule has 0 aromatic heterocycles. The highest BCUT2D eigenvalue weighted by atomic mass is 35.5. The number of sulfonamides is 1. The first-order chi connectivity index (χ1) is 17.6. The van der Waals surface area contributed by atoms with Gasteiger partial charge in [-0.15, -0.1) is 12.4 Å². The summed E-state index contributed by atoms with van der Waals surface area (Å²) in [7, 11) is -2.57. The molecular weight excluding hydrogens is 551 g/mol. The van der Waals surface area contributed by atoms with Gasteiger partial charge in [-0.1, -0.05) is 23.7 Å². The molecule has 2 aliphatic rings. The lowest BCUT2D eigenvalue weighted by Crippen LogP contribution is -2.58. The number of esters is 1. The van der Waals surface area contributed by atoms with Crippen LogP contribution in [0.1, 0.15) is 39.0 Å². The van der Waals surface area contributed by atoms with Crippen molar-refractivity contribution in [1.29, 1.82) is 5.41 Å². The van der Waals surface area contributed by atoms with Crippen molar-refractivity contribution >= 4 is 62.5 Å². The summed E-state index contributed by atoms with van der Waals surface area (Å²) in [6, 6.07) is 9.76. The lowest BCUT2D eigenvalue weighted by molar-refractivity contribution is -0.147. The van der Waals surface area contributed by atoms with E-state index in [9.17, 15) is 18.0 Å². The number of amides is 1. The number of carbonyl (C=O) groups is 2. The van der Waals surface area contributed by atoms with E-state index in [0.29, 0.717) is 23.7 Å². The van der Waals surface area contributed by atoms with Crippen molar-refractivity contribution < 1.29 is 22.7 Å². The molecule has 0 spiro atoms. The number of benzene rings is 2. The number of carbonyl (C=O) groups excluding carboxylic acids is 2. The molecule has 12 heteroatoms. The summed E-state index contributed by atoms with van der Waals surface area (Å²) in [6.07, 6.45) is 2.88. The number of fused-ring (bicyclic) bond motifs is 1. The van der Waals surface area contributed by atoms with Crippen LogP contribution in [0.25, 0.3) is 10.8 Å². The first kappa shape index (κ1) is 30.1. The number of halogens is 2. The zero-order chi connectivity index (χ0) is 26.7. The molecule has 2 aromatic rings. The number of hydrogen-bond donors (Lipinski definition) is 2. The maximum Gasteiger partial charge on any atom is 0.307 e. The first-order valence-electron chi connectivity index (χ1n) is 12.5. The Morgan fingerprint density at radius 1 is 1.08 bits per heavy atom. The Bertz CT molecular complexity index is 1300. The topological polar surface area (TPSA) is 120 Å². The van der Waals surface area contributed by atoms with Gasteiger partial charge in [0.25, 0.3) is 0 Å². The molecule has 38 heavy (non-hydrogen) atoms. The SMILES string of the molecule is COC(=O)CC1CN(S(=O)(=O)c2ccc3cc(Cl)ccc3c2)CCN1C(=O)C1CCC(NC(C)=N)CC1.Cl. The monoisotopic (exact) mass is 584 g/mol. The number of ether oxygens (including phenoxy) is 1. The number of piperazine rings is 1. The minimum atomic E-state index is -3.85. The molecular formula is C26H34Cl2N4O5S. The van der Waals surface area contributed by atoms with Gasteiger partial charge in [0, 0.05) is 36.6 Å². The third-order valence-corrected chi connectivity index (χ3v) is 9.36. The average molecular weight is 586 g/mol. The predicted molar refractivity (Wildman–Crippen MR) is 149 cm³/mol. The summed E-state index contributed by atoms with van der Waals surface area (Å²) in [6.45, 7) is 2.08. The maximum atomic E-state index is 13.6. The van der Waals surface area contributed by atoms with Crippen molar-refractivity contribution in [2.75, 3.05) is 26.7 Å². The smallest absolute Gasteiger partial charge is 0.307 e. The second-order valence-electron chi connectivity index (χ2n) is 9.80. The van der Waals surface area contributed by atoms with Crippen molar-refractivity contribution in [2.45, 2.75) is 56.0 Å². The molecule has 2 aromatic carbocycles. The Kier molecular flexibility index (Phi) is 10.0. The first-order valence-corrected chi connectivity index (χ1v) is 14.3. The summed E-state index contributed by atoms with van der Waals surface area (Å²) < 4.78 is 33.3. The molecule has 1 aliphatic carbocycles. The van der Waals surface area contributed by atoms with E-state index in [0.717, 1.165) is 23.6 Å². The number of amidine groups is 1. The van der Waals surface area contributed by atoms with Crippen LogP contribution in [-0.4, -0.2) is 74.2 Å². The molecule has 1 unspecified atom stereocenters. The average Bonchev–Trinajstić information content (AvgIpc) is 2.87. The van der Waals surface area contributed by atoms with Gasteiger partial charge >= 0.3 is 5.97 Å². The maximum absolute atomic E-state index is 13.6. The molecule has 0 radical (unpaired) electrons. The number of hydrogen-bond acceptors (Lipinski definition) is 6. The van der Waals surface area contributed by atoms with Gasteiger partial charge in [-0.2, -0.15) is 4.31 Å². The molecule has 4 rings (SSSR count). The van der Waals surface area contributed by atoms with Gasteiger partial charge in [0.05, 0.1) is 30.3 Å². The quantitative estimate of drug-likeness (QED) is 0.302. The van der Waals surface area contributed by atoms with Gasteiger partial charge < -0.3 is 15.0 Å². The Hall–Kier alpha value is -2.40. The van der Waals surface area contributed by atoms with Crippen LogP contribution in [0.15, 0.2) is 41.3 Å². The summed E-state index contributed by atoms with van der Waals surface area (Å²) >= 11 is 6.05. The van der Waals surface area contributed by atoms with Crippen molar-refractivity contribution in [2.24, 2.45) is 5.92 Å². The fourth-order valence-corrected chi connectivity index (χ4v) is 7.00. The number of methoxy groups -OCH3 is 1. The summed E-state index contributed by atoms with van der Waals surface area (Å²) in [4.78, 5) is 27.5. The zero-order valence-electron chi connectivity index (χ0n) is 21.5. The van der Waals surface area contributed by atoms with Crippen LogP contribution in [0, 0.1) is 11.3 Å². The van der Waals surface area contributed by atoms with Crippen LogP contribution in [0.3, 0.4) is 0 Å². The standard InChI is InChI=1S/C26H33ClN4O5S.ClH/c1-17(28)29-22-8-4-18(5-9-22)26(33)31-12-11-30(16-23(31)15-25(32)36-2)37(34,35)24-10-6-19-13-21(27)7-3-20(19)14-24;/h3,6-7,10,13-14,18,22-23H,4-5,8-9,11-12,15-16H2,1-2H3,(H2,28,29);1H. The predicted octanol–water partition coefficient (Wildman–Crippen LogP) is 3.83. The van der Waals surface area contributed by atoms with Crippen molar-refractivity contribution in [3.8, 4) is 0 Å². The zero-order valence-corrected chi connectivity index (χ0v) is 23.9. The van der Waals surface area contributed by atoms with E-state index >= 15 is 0 Å². The second kappa shape index (κ2) is 12.6. The normalized spacial score (nSPS) is 22.4. The van der Waals surface area contributed by atoms with Crippen LogP contribution >= 0.6 is 24.0 Å². The third kappa shape index (κ3) is 6.77. The highest BCUT2D eigenvalue weighted by Crippen LogP contribution is 2.30. The highest BCUT2D eigenvalue weighted by molar-refractivity contribution is 7.89. The van der Waals surface area contributed by atoms with E-state index in [2.05, 4.69) is 5.32 Å². The Morgan fingerprint density at radius 2 is 1.74 bits per heavy atom. The van der Waals surface area contributed by atoms with Crippen LogP contribution in [0.4, 0.5) is 0 Å². The fourth-order valence-electron chi connectivity index (χ4n) is 5.32. The van der Waals surface area contributed by atoms with Crippen molar-refractivity contribution in [1.82, 2.24) is 14.5 Å². The molecule has 2 fully saturated rings. The van der Waals surface area contributed by atoms with E-state index < -0.39 is 22.0 Å². The largest absolute Gasteiger partial charge is 0.469 e. The van der Waals surface area contributed by atoms with Gasteiger partial charge in [-0.3, -0.25) is 15.0 Å². The molecule has 1 saturated carbocycles. The molecule has 1 aliphatic heterocycles. The van der Waals surface area contributed by atoms with Crippen LogP contribution in [0.5, 0.6) is 0 Å². The van der Waals surface area contributed by atoms with Gasteiger partial charge in [-0.25, -0.2) is 8.42 Å².